The van der Waals surface area contributed by atoms with Crippen molar-refractivity contribution >= 4 is 63.0 Å². The lowest BCUT2D eigenvalue weighted by Gasteiger charge is -2.27. The number of nitrogens with one attached hydrogen (secondary N) is 2. The summed E-state index contributed by atoms with van der Waals surface area (Å²) >= 11 is 4.72. The van der Waals surface area contributed by atoms with Crippen LogP contribution < -0.4 is 0 Å². The van der Waals surface area contributed by atoms with Crippen LogP contribution in [0.1, 0.15) is 142 Å². The van der Waals surface area contributed by atoms with E-state index in [1.54, 1.807) is 6.92 Å². The van der Waals surface area contributed by atoms with Gasteiger partial charge >= 0.3 is 5.97 Å². The Bertz CT molecular complexity index is 2160. The number of imide groups is 1. The maximum Gasteiger partial charge on any atom is 0.305 e. The van der Waals surface area contributed by atoms with Crippen LogP contribution in [0.5, 0.6) is 0 Å². The third-order valence-corrected chi connectivity index (χ3v) is 10.8. The molecule has 11 nitrogen and oxygen atoms in total. The van der Waals surface area contributed by atoms with E-state index in [-0.39, 0.29) is 54.3 Å². The van der Waals surface area contributed by atoms with Crippen LogP contribution in [-0.4, -0.2) is 73.8 Å². The zero-order valence-corrected chi connectivity index (χ0v) is 30.3. The smallest absolute Gasteiger partial charge is 0.305 e. The molecule has 2 N–H and O–H groups in total. The van der Waals surface area contributed by atoms with Gasteiger partial charge in [0.1, 0.15) is 0 Å². The second kappa shape index (κ2) is 13.8. The molecule has 6 heterocycles. The minimum absolute atomic E-state index is 0.0626. The Morgan fingerprint density at radius 1 is 0.940 bits per heavy atom. The first-order chi connectivity index (χ1) is 23.9. The van der Waals surface area contributed by atoms with E-state index in [9.17, 15) is 19.2 Å². The van der Waals surface area contributed by atoms with Crippen molar-refractivity contribution in [2.45, 2.75) is 90.9 Å². The molecule has 3 aromatic heterocycles. The van der Waals surface area contributed by atoms with Crippen LogP contribution in [0.3, 0.4) is 0 Å². The third kappa shape index (κ3) is 5.90. The van der Waals surface area contributed by atoms with Gasteiger partial charge in [-0.25, -0.2) is 4.99 Å². The number of aryl methyl sites for hydroxylation is 2. The number of fused-ring (bicyclic) bond motifs is 8. The van der Waals surface area contributed by atoms with Gasteiger partial charge in [-0.1, -0.05) is 20.8 Å². The molecule has 260 valence electrons. The van der Waals surface area contributed by atoms with Crippen molar-refractivity contribution in [1.29, 1.82) is 0 Å². The normalized spacial score (nSPS) is 19.8. The Morgan fingerprint density at radius 3 is 2.26 bits per heavy atom. The molecule has 50 heavy (non-hydrogen) atoms. The average molecular weight is 695 g/mol. The highest BCUT2D eigenvalue weighted by Gasteiger charge is 2.41. The number of carbonyl (C=O) groups is 4. The summed E-state index contributed by atoms with van der Waals surface area (Å²) in [5.74, 6) is -1.66. The number of hydrogen-bond donors (Lipinski definition) is 2. The Balaban J connectivity index is 1.75. The van der Waals surface area contributed by atoms with E-state index in [4.69, 9.17) is 26.9 Å². The van der Waals surface area contributed by atoms with Crippen molar-refractivity contribution in [3.8, 4) is 0 Å². The second-order valence-corrected chi connectivity index (χ2v) is 13.7. The summed E-state index contributed by atoms with van der Waals surface area (Å²) in [5, 5.41) is 2.34. The highest BCUT2D eigenvalue weighted by Crippen LogP contribution is 2.45. The van der Waals surface area contributed by atoms with Crippen LogP contribution in [0.2, 0.25) is 0 Å². The number of methoxy groups -OCH3 is 1. The van der Waals surface area contributed by atoms with E-state index in [0.717, 1.165) is 28.9 Å². The van der Waals surface area contributed by atoms with Crippen molar-refractivity contribution in [2.24, 2.45) is 4.99 Å². The molecule has 8 bridgehead atoms. The zero-order valence-electron chi connectivity index (χ0n) is 29.5. The molecule has 0 fully saturated rings. The number of isothiocyanates is 1. The van der Waals surface area contributed by atoms with Crippen molar-refractivity contribution in [3.05, 3.63) is 68.8 Å². The SMILES string of the molecule is CC[C@H]1c2cc3[nH]c4c(c5nc(cc6[nH]c(cc(n2)[C@@H]1C)c(C(C)=O)c6C)[C@@H](C)[C@@H]5CCC(=O)OC)C(=O)N(CCCN=C=S)C(=O)c4c3C. The van der Waals surface area contributed by atoms with Gasteiger partial charge in [-0.2, -0.15) is 0 Å². The maximum atomic E-state index is 14.6. The molecule has 0 saturated carbocycles. The number of aromatic amines is 2. The molecule has 0 radical (unpaired) electrons. The Hall–Kier alpha value is -4.80. The number of H-pyrrole nitrogens is 2. The van der Waals surface area contributed by atoms with Gasteiger partial charge in [0.15, 0.2) is 5.78 Å². The monoisotopic (exact) mass is 694 g/mol. The quantitative estimate of drug-likeness (QED) is 0.0589. The predicted octanol–water partition coefficient (Wildman–Crippen LogP) is 7.36. The van der Waals surface area contributed by atoms with Gasteiger partial charge in [0.05, 0.1) is 46.7 Å². The van der Waals surface area contributed by atoms with Crippen LogP contribution in [-0.2, 0) is 9.53 Å². The summed E-state index contributed by atoms with van der Waals surface area (Å²) in [6.45, 7) is 12.1. The fourth-order valence-corrected chi connectivity index (χ4v) is 7.95. The van der Waals surface area contributed by atoms with Crippen LogP contribution >= 0.6 is 12.2 Å². The van der Waals surface area contributed by atoms with Crippen molar-refractivity contribution in [2.75, 3.05) is 20.2 Å². The molecule has 2 amide bonds. The van der Waals surface area contributed by atoms with E-state index in [1.165, 1.54) is 12.0 Å². The van der Waals surface area contributed by atoms with E-state index in [0.29, 0.717) is 69.6 Å². The summed E-state index contributed by atoms with van der Waals surface area (Å²) in [6, 6.07) is 5.89. The second-order valence-electron chi connectivity index (χ2n) is 13.5. The number of nitrogens with zero attached hydrogens (tertiary/aromatic N) is 4. The molecule has 0 unspecified atom stereocenters. The number of esters is 1. The standard InChI is InChI=1S/C38H42N6O5S/c1-8-23-18(2)25-16-30-32(22(6)45)20(4)27(41-30)14-26-19(3)24(10-11-31(46)49-7)35(42-26)34-36-33(21(5)28(43-36)15-29(23)40-25)37(47)44(38(34)48)13-9-12-39-17-50/h14-16,18-19,23-24,41,43H,8-13H2,1-7H3/t18-,19+,23-,24+/m1/s1. The molecule has 0 spiro atoms. The Morgan fingerprint density at radius 2 is 1.58 bits per heavy atom. The predicted molar refractivity (Wildman–Crippen MR) is 194 cm³/mol. The summed E-state index contributed by atoms with van der Waals surface area (Å²) in [4.78, 5) is 76.6. The van der Waals surface area contributed by atoms with Crippen LogP contribution in [0, 0.1) is 13.8 Å². The number of hydrogen-bond acceptors (Lipinski definition) is 9. The topological polar surface area (TPSA) is 150 Å². The van der Waals surface area contributed by atoms with E-state index in [1.807, 2.05) is 39.0 Å². The first-order valence-electron chi connectivity index (χ1n) is 17.2. The lowest BCUT2D eigenvalue weighted by Crippen LogP contribution is -2.41. The molecule has 6 rings (SSSR count). The van der Waals surface area contributed by atoms with Gasteiger partial charge in [-0.3, -0.25) is 34.0 Å². The van der Waals surface area contributed by atoms with Crippen molar-refractivity contribution in [3.63, 3.8) is 0 Å². The highest BCUT2D eigenvalue weighted by molar-refractivity contribution is 7.78. The van der Waals surface area contributed by atoms with E-state index < -0.39 is 5.91 Å². The molecule has 3 aromatic rings. The molecule has 3 aliphatic rings. The number of aliphatic imine (C=N–C) groups is 1. The molecule has 0 aromatic carbocycles. The van der Waals surface area contributed by atoms with Gasteiger partial charge in [0, 0.05) is 70.3 Å². The van der Waals surface area contributed by atoms with Crippen LogP contribution in [0.15, 0.2) is 23.2 Å². The van der Waals surface area contributed by atoms with Gasteiger partial charge in [-0.05, 0) is 81.6 Å². The lowest BCUT2D eigenvalue weighted by atomic mass is 9.84. The fraction of sp³-hybridized carbons (Fsp3) is 0.447. The number of carbonyl (C=O) groups excluding carboxylic acids is 4. The van der Waals surface area contributed by atoms with Crippen molar-refractivity contribution in [1.82, 2.24) is 24.8 Å². The third-order valence-electron chi connectivity index (χ3n) is 10.7. The number of thiocarbonyl (C=S) groups is 1. The molecule has 0 saturated heterocycles. The van der Waals surface area contributed by atoms with E-state index in [2.05, 4.69) is 34.0 Å². The molecular formula is C38H42N6O5S. The molecule has 4 atom stereocenters. The van der Waals surface area contributed by atoms with Gasteiger partial charge in [0.25, 0.3) is 11.8 Å². The number of amides is 2. The number of ether oxygens (including phenoxy) is 1. The molecule has 0 aliphatic carbocycles. The number of Topliss-reactive ketones (excluding diaryl/α,β-unsaturated/α-hetero) is 1. The number of rotatable bonds is 9. The minimum Gasteiger partial charge on any atom is -0.469 e. The van der Waals surface area contributed by atoms with Crippen LogP contribution in [0.4, 0.5) is 0 Å². The maximum absolute atomic E-state index is 14.6. The van der Waals surface area contributed by atoms with Crippen molar-refractivity contribution < 1.29 is 23.9 Å². The largest absolute Gasteiger partial charge is 0.469 e. The Kier molecular flexibility index (Phi) is 9.70. The number of ketones is 1. The first-order valence-corrected chi connectivity index (χ1v) is 17.6. The van der Waals surface area contributed by atoms with Gasteiger partial charge in [-0.15, -0.1) is 0 Å². The van der Waals surface area contributed by atoms with Crippen LogP contribution in [0.25, 0.3) is 22.1 Å². The lowest BCUT2D eigenvalue weighted by molar-refractivity contribution is -0.140. The zero-order chi connectivity index (χ0) is 36.0. The van der Waals surface area contributed by atoms with Gasteiger partial charge in [0.2, 0.25) is 0 Å². The highest BCUT2D eigenvalue weighted by atomic mass is 32.1. The summed E-state index contributed by atoms with van der Waals surface area (Å²) < 4.78 is 4.98. The average Bonchev–Trinajstić information content (AvgIpc) is 3.76. The fourth-order valence-electron chi connectivity index (χ4n) is 7.86. The molecular weight excluding hydrogens is 653 g/mol. The van der Waals surface area contributed by atoms with Gasteiger partial charge < -0.3 is 14.7 Å². The Labute approximate surface area is 296 Å². The molecule has 12 heteroatoms. The number of aromatic nitrogens is 4. The first kappa shape index (κ1) is 35.0. The molecule has 3 aliphatic heterocycles. The van der Waals surface area contributed by atoms with E-state index >= 15 is 0 Å². The summed E-state index contributed by atoms with van der Waals surface area (Å²) in [7, 11) is 1.35. The summed E-state index contributed by atoms with van der Waals surface area (Å²) in [6.07, 6.45) is 1.74. The summed E-state index contributed by atoms with van der Waals surface area (Å²) in [5.41, 5.74) is 8.25. The minimum atomic E-state index is -0.460.